The number of benzene rings is 1. The van der Waals surface area contributed by atoms with Gasteiger partial charge in [0.2, 0.25) is 0 Å². The molecule has 0 spiro atoms. The minimum atomic E-state index is -0.0755. The third kappa shape index (κ3) is 7.66. The van der Waals surface area contributed by atoms with Crippen LogP contribution in [0.25, 0.3) is 11.4 Å². The molecule has 33 heavy (non-hydrogen) atoms. The quantitative estimate of drug-likeness (QED) is 0.289. The fourth-order valence-corrected chi connectivity index (χ4v) is 5.28. The third-order valence-electron chi connectivity index (χ3n) is 7.60. The molecule has 0 unspecified atom stereocenters. The highest BCUT2D eigenvalue weighted by Gasteiger charge is 2.35. The number of rotatable bonds is 13. The maximum Gasteiger partial charge on any atom is 0.159 e. The van der Waals surface area contributed by atoms with Crippen LogP contribution >= 0.6 is 0 Å². The van der Waals surface area contributed by atoms with Gasteiger partial charge in [-0.25, -0.2) is 9.97 Å². The van der Waals surface area contributed by atoms with Gasteiger partial charge in [-0.2, -0.15) is 5.26 Å². The Balaban J connectivity index is 1.49. The molecule has 2 aromatic rings. The van der Waals surface area contributed by atoms with Crippen molar-refractivity contribution in [3.8, 4) is 17.5 Å². The van der Waals surface area contributed by atoms with E-state index in [1.165, 1.54) is 68.9 Å². The Bertz CT molecular complexity index is 840. The van der Waals surface area contributed by atoms with Crippen LogP contribution in [0.4, 0.5) is 0 Å². The van der Waals surface area contributed by atoms with Crippen LogP contribution in [-0.2, 0) is 6.42 Å². The Morgan fingerprint density at radius 3 is 2.09 bits per heavy atom. The van der Waals surface area contributed by atoms with Crippen molar-refractivity contribution in [3.63, 3.8) is 0 Å². The number of aryl methyl sites for hydroxylation is 1. The average Bonchev–Trinajstić information content (AvgIpc) is 2.87. The van der Waals surface area contributed by atoms with Gasteiger partial charge < -0.3 is 0 Å². The second-order valence-corrected chi connectivity index (χ2v) is 10.2. The zero-order valence-electron chi connectivity index (χ0n) is 21.0. The highest BCUT2D eigenvalue weighted by Crippen LogP contribution is 2.45. The van der Waals surface area contributed by atoms with Crippen molar-refractivity contribution in [2.24, 2.45) is 5.41 Å². The number of aromatic nitrogens is 2. The van der Waals surface area contributed by atoms with Crippen molar-refractivity contribution < 1.29 is 0 Å². The number of hydrogen-bond acceptors (Lipinski definition) is 3. The smallest absolute Gasteiger partial charge is 0.159 e. The summed E-state index contributed by atoms with van der Waals surface area (Å²) < 4.78 is 0. The molecule has 1 saturated carbocycles. The summed E-state index contributed by atoms with van der Waals surface area (Å²) in [5, 5.41) is 9.92. The maximum absolute atomic E-state index is 9.92. The van der Waals surface area contributed by atoms with Crippen LogP contribution in [0.1, 0.15) is 121 Å². The standard InChI is InChI=1S/C30H43N3/c1-3-5-7-8-9-11-19-30(24-31)20-17-27(18-21-30)26-13-15-28(16-14-26)29-32-22-25(23-33-29)12-10-6-4-2/h13-16,22-23,27H,3-12,17-21H2,1-2H3/t27-,30-. The zero-order chi connectivity index (χ0) is 23.4. The van der Waals surface area contributed by atoms with Crippen LogP contribution in [0.15, 0.2) is 36.7 Å². The van der Waals surface area contributed by atoms with E-state index in [0.29, 0.717) is 5.92 Å². The molecule has 0 atom stereocenters. The van der Waals surface area contributed by atoms with Crippen LogP contribution in [-0.4, -0.2) is 9.97 Å². The first-order chi connectivity index (χ1) is 16.2. The molecular weight excluding hydrogens is 402 g/mol. The SMILES string of the molecule is CCCCCCCC[C@]1(C#N)CC[C@H](c2ccc(-c3ncc(CCCCC)cn3)cc2)CC1. The van der Waals surface area contributed by atoms with Gasteiger partial charge >= 0.3 is 0 Å². The molecule has 0 bridgehead atoms. The number of nitriles is 1. The van der Waals surface area contributed by atoms with Crippen molar-refractivity contribution >= 4 is 0 Å². The molecule has 3 heteroatoms. The van der Waals surface area contributed by atoms with E-state index in [1.807, 2.05) is 12.4 Å². The topological polar surface area (TPSA) is 49.6 Å². The Hall–Kier alpha value is -2.21. The molecule has 1 aromatic carbocycles. The summed E-state index contributed by atoms with van der Waals surface area (Å²) in [7, 11) is 0. The molecule has 0 radical (unpaired) electrons. The van der Waals surface area contributed by atoms with E-state index in [4.69, 9.17) is 0 Å². The van der Waals surface area contributed by atoms with Gasteiger partial charge in [0.15, 0.2) is 5.82 Å². The summed E-state index contributed by atoms with van der Waals surface area (Å²) in [6.45, 7) is 4.49. The van der Waals surface area contributed by atoms with E-state index < -0.39 is 0 Å². The molecule has 3 rings (SSSR count). The molecule has 1 aliphatic rings. The number of hydrogen-bond donors (Lipinski definition) is 0. The molecule has 3 nitrogen and oxygen atoms in total. The predicted octanol–water partition coefficient (Wildman–Crippen LogP) is 8.79. The van der Waals surface area contributed by atoms with E-state index in [0.717, 1.165) is 49.9 Å². The largest absolute Gasteiger partial charge is 0.236 e. The summed E-state index contributed by atoms with van der Waals surface area (Å²) in [4.78, 5) is 9.21. The molecule has 0 amide bonds. The molecule has 178 valence electrons. The highest BCUT2D eigenvalue weighted by atomic mass is 14.9. The summed E-state index contributed by atoms with van der Waals surface area (Å²) in [6.07, 6.45) is 22.0. The molecular formula is C30H43N3. The molecule has 1 aliphatic carbocycles. The Morgan fingerprint density at radius 1 is 0.848 bits per heavy atom. The van der Waals surface area contributed by atoms with Gasteiger partial charge in [-0.1, -0.05) is 89.5 Å². The first-order valence-corrected chi connectivity index (χ1v) is 13.5. The first kappa shape index (κ1) is 25.4. The van der Waals surface area contributed by atoms with Crippen LogP contribution < -0.4 is 0 Å². The maximum atomic E-state index is 9.92. The van der Waals surface area contributed by atoms with Crippen LogP contribution in [0.3, 0.4) is 0 Å². The second kappa shape index (κ2) is 13.5. The van der Waals surface area contributed by atoms with Crippen LogP contribution in [0.2, 0.25) is 0 Å². The normalized spacial score (nSPS) is 20.5. The average molecular weight is 446 g/mol. The van der Waals surface area contributed by atoms with Crippen LogP contribution in [0.5, 0.6) is 0 Å². The number of nitrogens with zero attached hydrogens (tertiary/aromatic N) is 3. The first-order valence-electron chi connectivity index (χ1n) is 13.5. The predicted molar refractivity (Wildman–Crippen MR) is 138 cm³/mol. The lowest BCUT2D eigenvalue weighted by Gasteiger charge is -2.35. The van der Waals surface area contributed by atoms with Gasteiger partial charge in [0.25, 0.3) is 0 Å². The fourth-order valence-electron chi connectivity index (χ4n) is 5.28. The van der Waals surface area contributed by atoms with E-state index in [1.54, 1.807) is 0 Å². The molecule has 0 aliphatic heterocycles. The Kier molecular flexibility index (Phi) is 10.4. The van der Waals surface area contributed by atoms with Crippen molar-refractivity contribution in [1.29, 1.82) is 5.26 Å². The lowest BCUT2D eigenvalue weighted by molar-refractivity contribution is 0.223. The van der Waals surface area contributed by atoms with Gasteiger partial charge in [0.1, 0.15) is 0 Å². The number of unbranched alkanes of at least 4 members (excludes halogenated alkanes) is 7. The van der Waals surface area contributed by atoms with Crippen molar-refractivity contribution in [1.82, 2.24) is 9.97 Å². The Morgan fingerprint density at radius 2 is 1.45 bits per heavy atom. The third-order valence-corrected chi connectivity index (χ3v) is 7.60. The van der Waals surface area contributed by atoms with E-state index in [9.17, 15) is 5.26 Å². The summed E-state index contributed by atoms with van der Waals surface area (Å²) in [6, 6.07) is 11.6. The van der Waals surface area contributed by atoms with E-state index in [2.05, 4.69) is 54.2 Å². The Labute approximate surface area is 202 Å². The fraction of sp³-hybridized carbons (Fsp3) is 0.633. The highest BCUT2D eigenvalue weighted by molar-refractivity contribution is 5.55. The second-order valence-electron chi connectivity index (χ2n) is 10.2. The summed E-state index contributed by atoms with van der Waals surface area (Å²) in [5.74, 6) is 1.39. The van der Waals surface area contributed by atoms with Gasteiger partial charge in [0, 0.05) is 18.0 Å². The molecule has 0 N–H and O–H groups in total. The van der Waals surface area contributed by atoms with E-state index in [-0.39, 0.29) is 5.41 Å². The molecule has 1 heterocycles. The minimum Gasteiger partial charge on any atom is -0.236 e. The molecule has 0 saturated heterocycles. The van der Waals surface area contributed by atoms with E-state index >= 15 is 0 Å². The van der Waals surface area contributed by atoms with Gasteiger partial charge in [0.05, 0.1) is 11.5 Å². The summed E-state index contributed by atoms with van der Waals surface area (Å²) >= 11 is 0. The zero-order valence-corrected chi connectivity index (χ0v) is 21.0. The van der Waals surface area contributed by atoms with Gasteiger partial charge in [-0.05, 0) is 62.0 Å². The summed E-state index contributed by atoms with van der Waals surface area (Å²) in [5.41, 5.74) is 3.64. The van der Waals surface area contributed by atoms with Gasteiger partial charge in [-0.15, -0.1) is 0 Å². The van der Waals surface area contributed by atoms with Crippen molar-refractivity contribution in [2.75, 3.05) is 0 Å². The molecule has 1 aromatic heterocycles. The van der Waals surface area contributed by atoms with Crippen molar-refractivity contribution in [2.45, 2.75) is 116 Å². The monoisotopic (exact) mass is 445 g/mol. The van der Waals surface area contributed by atoms with Crippen LogP contribution in [0, 0.1) is 16.7 Å². The molecule has 1 fully saturated rings. The lowest BCUT2D eigenvalue weighted by Crippen LogP contribution is -2.25. The van der Waals surface area contributed by atoms with Crippen molar-refractivity contribution in [3.05, 3.63) is 47.8 Å². The van der Waals surface area contributed by atoms with Gasteiger partial charge in [-0.3, -0.25) is 0 Å². The lowest BCUT2D eigenvalue weighted by atomic mass is 9.67. The minimum absolute atomic E-state index is 0.0755.